The molecule has 0 saturated heterocycles. The molecule has 12 heavy (non-hydrogen) atoms. The summed E-state index contributed by atoms with van der Waals surface area (Å²) < 4.78 is 0. The quantitative estimate of drug-likeness (QED) is 0.473. The van der Waals surface area contributed by atoms with E-state index in [0.717, 1.165) is 0 Å². The second kappa shape index (κ2) is 7.15. The van der Waals surface area contributed by atoms with Gasteiger partial charge in [0.2, 0.25) is 0 Å². The summed E-state index contributed by atoms with van der Waals surface area (Å²) in [6.07, 6.45) is 20.5. The Morgan fingerprint density at radius 1 is 0.583 bits per heavy atom. The van der Waals surface area contributed by atoms with Crippen molar-refractivity contribution >= 4 is 0 Å². The lowest BCUT2D eigenvalue weighted by atomic mass is 10.1. The first-order chi connectivity index (χ1) is 6.00. The average Bonchev–Trinajstić information content (AvgIpc) is 2.05. The lowest BCUT2D eigenvalue weighted by Crippen LogP contribution is -1.78. The topological polar surface area (TPSA) is 0 Å². The first-order valence-corrected chi connectivity index (χ1v) is 5.13. The molecule has 67 valence electrons. The maximum Gasteiger partial charge on any atom is -0.0171 e. The van der Waals surface area contributed by atoms with Crippen LogP contribution in [-0.2, 0) is 0 Å². The van der Waals surface area contributed by atoms with Crippen LogP contribution in [0, 0.1) is 6.42 Å². The largest absolute Gasteiger partial charge is 0.0885 e. The van der Waals surface area contributed by atoms with E-state index < -0.39 is 0 Å². The molecule has 0 aromatic heterocycles. The minimum absolute atomic E-state index is 1.24. The van der Waals surface area contributed by atoms with Crippen LogP contribution >= 0.6 is 0 Å². The summed E-state index contributed by atoms with van der Waals surface area (Å²) in [5, 5.41) is 0. The van der Waals surface area contributed by atoms with Crippen LogP contribution in [0.3, 0.4) is 0 Å². The van der Waals surface area contributed by atoms with E-state index in [1.807, 2.05) is 0 Å². The summed E-state index contributed by atoms with van der Waals surface area (Å²) in [4.78, 5) is 0. The lowest BCUT2D eigenvalue weighted by Gasteiger charge is -1.97. The maximum atomic E-state index is 2.34. The van der Waals surface area contributed by atoms with Gasteiger partial charge in [0, 0.05) is 0 Å². The Morgan fingerprint density at radius 3 is 2.17 bits per heavy atom. The molecule has 0 N–H and O–H groups in total. The van der Waals surface area contributed by atoms with E-state index in [2.05, 4.69) is 30.7 Å². The van der Waals surface area contributed by atoms with Crippen LogP contribution in [0.15, 0.2) is 24.3 Å². The Labute approximate surface area is 76.4 Å². The molecule has 1 rings (SSSR count). The highest BCUT2D eigenvalue weighted by molar-refractivity contribution is 4.95. The van der Waals surface area contributed by atoms with Crippen LogP contribution in [0.5, 0.6) is 0 Å². The lowest BCUT2D eigenvalue weighted by molar-refractivity contribution is 0.741. The summed E-state index contributed by atoms with van der Waals surface area (Å²) in [5.74, 6) is 0. The second-order valence-corrected chi connectivity index (χ2v) is 3.35. The van der Waals surface area contributed by atoms with Crippen LogP contribution in [0.4, 0.5) is 0 Å². The highest BCUT2D eigenvalue weighted by atomic mass is 13.9. The molecule has 0 heterocycles. The molecule has 0 heteroatoms. The van der Waals surface area contributed by atoms with Crippen molar-refractivity contribution in [1.29, 1.82) is 0 Å². The summed E-state index contributed by atoms with van der Waals surface area (Å²) in [6.45, 7) is 0. The van der Waals surface area contributed by atoms with E-state index in [1.54, 1.807) is 0 Å². The molecule has 0 unspecified atom stereocenters. The van der Waals surface area contributed by atoms with Crippen molar-refractivity contribution in [1.82, 2.24) is 0 Å². The van der Waals surface area contributed by atoms with Crippen molar-refractivity contribution in [3.63, 3.8) is 0 Å². The van der Waals surface area contributed by atoms with Crippen molar-refractivity contribution in [3.05, 3.63) is 30.7 Å². The minimum atomic E-state index is 1.24. The van der Waals surface area contributed by atoms with Gasteiger partial charge < -0.3 is 0 Å². The molecule has 1 aliphatic rings. The van der Waals surface area contributed by atoms with Crippen molar-refractivity contribution in [2.75, 3.05) is 0 Å². The Kier molecular flexibility index (Phi) is 5.70. The molecule has 0 fully saturated rings. The fraction of sp³-hybridized carbons (Fsp3) is 0.583. The van der Waals surface area contributed by atoms with Gasteiger partial charge in [0.25, 0.3) is 0 Å². The number of hydrogen-bond acceptors (Lipinski definition) is 0. The summed E-state index contributed by atoms with van der Waals surface area (Å²) in [7, 11) is 0. The Balaban J connectivity index is 2.19. The normalized spacial score (nSPS) is 21.3. The van der Waals surface area contributed by atoms with Crippen LogP contribution < -0.4 is 0 Å². The minimum Gasteiger partial charge on any atom is -0.0885 e. The molecule has 0 amide bonds. The Hall–Kier alpha value is -0.520. The van der Waals surface area contributed by atoms with Gasteiger partial charge in [0.1, 0.15) is 0 Å². The maximum absolute atomic E-state index is 2.34. The molecule has 0 atom stereocenters. The van der Waals surface area contributed by atoms with Gasteiger partial charge in [0.15, 0.2) is 0 Å². The van der Waals surface area contributed by atoms with E-state index in [4.69, 9.17) is 0 Å². The molecule has 0 bridgehead atoms. The Morgan fingerprint density at radius 2 is 1.25 bits per heavy atom. The summed E-state index contributed by atoms with van der Waals surface area (Å²) in [6, 6.07) is 0. The van der Waals surface area contributed by atoms with Gasteiger partial charge in [-0.15, -0.1) is 0 Å². The smallest absolute Gasteiger partial charge is 0.0171 e. The average molecular weight is 163 g/mol. The third-order valence-electron chi connectivity index (χ3n) is 2.17. The number of hydrogen-bond donors (Lipinski definition) is 0. The van der Waals surface area contributed by atoms with Crippen LogP contribution in [0.25, 0.3) is 0 Å². The van der Waals surface area contributed by atoms with E-state index >= 15 is 0 Å². The van der Waals surface area contributed by atoms with Gasteiger partial charge in [-0.2, -0.15) is 0 Å². The molecule has 0 aliphatic heterocycles. The molecule has 0 aromatic rings. The van der Waals surface area contributed by atoms with Crippen LogP contribution in [-0.4, -0.2) is 0 Å². The van der Waals surface area contributed by atoms with Crippen LogP contribution in [0.1, 0.15) is 44.9 Å². The predicted molar refractivity (Wildman–Crippen MR) is 54.9 cm³/mol. The second-order valence-electron chi connectivity index (χ2n) is 3.35. The zero-order chi connectivity index (χ0) is 8.49. The fourth-order valence-corrected chi connectivity index (χ4v) is 1.40. The fourth-order valence-electron chi connectivity index (χ4n) is 1.40. The van der Waals surface area contributed by atoms with Crippen molar-refractivity contribution in [2.24, 2.45) is 0 Å². The van der Waals surface area contributed by atoms with Gasteiger partial charge in [0.05, 0.1) is 0 Å². The van der Waals surface area contributed by atoms with Crippen molar-refractivity contribution in [3.8, 4) is 0 Å². The standard InChI is InChI=1S/C12H19/c1-2-4-6-8-10-12-11-9-7-5-3-1/h1-3,10,12H,4-9,11H2. The zero-order valence-corrected chi connectivity index (χ0v) is 7.84. The van der Waals surface area contributed by atoms with Gasteiger partial charge in [-0.25, -0.2) is 0 Å². The zero-order valence-electron chi connectivity index (χ0n) is 7.84. The SMILES string of the molecule is [CH]1C=CCCCC=CCCCC1. The van der Waals surface area contributed by atoms with Gasteiger partial charge in [-0.1, -0.05) is 30.7 Å². The third-order valence-corrected chi connectivity index (χ3v) is 2.17. The summed E-state index contributed by atoms with van der Waals surface area (Å²) >= 11 is 0. The Bertz CT molecular complexity index is 126. The number of rotatable bonds is 0. The van der Waals surface area contributed by atoms with E-state index in [1.165, 1.54) is 44.9 Å². The van der Waals surface area contributed by atoms with Crippen LogP contribution in [0.2, 0.25) is 0 Å². The van der Waals surface area contributed by atoms with Crippen molar-refractivity contribution < 1.29 is 0 Å². The molecular weight excluding hydrogens is 144 g/mol. The van der Waals surface area contributed by atoms with E-state index in [0.29, 0.717) is 0 Å². The first kappa shape index (κ1) is 9.57. The molecular formula is C12H19. The molecule has 0 aromatic carbocycles. The molecule has 0 spiro atoms. The highest BCUT2D eigenvalue weighted by Crippen LogP contribution is 2.07. The molecule has 1 radical (unpaired) electrons. The van der Waals surface area contributed by atoms with Gasteiger partial charge in [-0.05, 0) is 44.9 Å². The first-order valence-electron chi connectivity index (χ1n) is 5.13. The molecule has 0 nitrogen and oxygen atoms in total. The monoisotopic (exact) mass is 163 g/mol. The highest BCUT2D eigenvalue weighted by Gasteiger charge is 1.88. The van der Waals surface area contributed by atoms with Crippen molar-refractivity contribution in [2.45, 2.75) is 44.9 Å². The predicted octanol–water partition coefficient (Wildman–Crippen LogP) is 4.05. The van der Waals surface area contributed by atoms with Gasteiger partial charge >= 0.3 is 0 Å². The number of allylic oxidation sites excluding steroid dienone is 4. The summed E-state index contributed by atoms with van der Waals surface area (Å²) in [5.41, 5.74) is 0. The van der Waals surface area contributed by atoms with E-state index in [-0.39, 0.29) is 0 Å². The molecule has 0 saturated carbocycles. The third kappa shape index (κ3) is 5.17. The van der Waals surface area contributed by atoms with Gasteiger partial charge in [-0.3, -0.25) is 0 Å². The molecule has 1 aliphatic carbocycles. The van der Waals surface area contributed by atoms with E-state index in [9.17, 15) is 0 Å².